The summed E-state index contributed by atoms with van der Waals surface area (Å²) in [4.78, 5) is 54.2. The molecule has 1 heterocycles. The molecule has 9 heteroatoms. The highest BCUT2D eigenvalue weighted by molar-refractivity contribution is 6.44. The summed E-state index contributed by atoms with van der Waals surface area (Å²) in [5.74, 6) is -2.70. The minimum atomic E-state index is -1.31. The smallest absolute Gasteiger partial charge is 0.341 e. The van der Waals surface area contributed by atoms with Gasteiger partial charge in [0.15, 0.2) is 6.10 Å². The van der Waals surface area contributed by atoms with Gasteiger partial charge in [0.2, 0.25) is 5.78 Å². The molecule has 0 aliphatic carbocycles. The van der Waals surface area contributed by atoms with Crippen LogP contribution in [0, 0.1) is 0 Å². The van der Waals surface area contributed by atoms with Crippen molar-refractivity contribution in [2.45, 2.75) is 6.10 Å². The quantitative estimate of drug-likeness (QED) is 0.140. The number of nitrogens with zero attached hydrogens (tertiary/aromatic N) is 1. The fourth-order valence-electron chi connectivity index (χ4n) is 4.13. The van der Waals surface area contributed by atoms with E-state index >= 15 is 0 Å². The zero-order chi connectivity index (χ0) is 27.0. The number of ether oxygens (including phenoxy) is 1. The van der Waals surface area contributed by atoms with E-state index in [0.717, 1.165) is 4.90 Å². The maximum atomic E-state index is 13.5. The first-order chi connectivity index (χ1) is 18.3. The van der Waals surface area contributed by atoms with Crippen LogP contribution in [0.25, 0.3) is 0 Å². The van der Waals surface area contributed by atoms with Gasteiger partial charge in [-0.3, -0.25) is 14.4 Å². The SMILES string of the molecule is O=C(O[C@@H](C(=O)c1ccccc1)c1ccc(Cl)cc1)c1ccccc1N1C(=O)c2cc(Cl)c(Cl)cc2C1=O. The highest BCUT2D eigenvalue weighted by atomic mass is 35.5. The zero-order valence-electron chi connectivity index (χ0n) is 19.4. The number of amides is 2. The molecule has 0 N–H and O–H groups in total. The Bertz CT molecular complexity index is 1560. The first-order valence-electron chi connectivity index (χ1n) is 11.3. The number of halogens is 3. The number of hydrogen-bond acceptors (Lipinski definition) is 5. The van der Waals surface area contributed by atoms with Crippen molar-refractivity contribution in [2.75, 3.05) is 4.90 Å². The van der Waals surface area contributed by atoms with E-state index in [-0.39, 0.29) is 32.4 Å². The number of imide groups is 1. The van der Waals surface area contributed by atoms with Crippen molar-refractivity contribution < 1.29 is 23.9 Å². The van der Waals surface area contributed by atoms with Gasteiger partial charge >= 0.3 is 5.97 Å². The molecule has 0 unspecified atom stereocenters. The van der Waals surface area contributed by atoms with Gasteiger partial charge in [0, 0.05) is 16.1 Å². The van der Waals surface area contributed by atoms with E-state index in [1.165, 1.54) is 24.3 Å². The van der Waals surface area contributed by atoms with Crippen LogP contribution in [0.3, 0.4) is 0 Å². The molecule has 4 aromatic rings. The third kappa shape index (κ3) is 4.70. The fourth-order valence-corrected chi connectivity index (χ4v) is 4.58. The molecular weight excluding hydrogens is 549 g/mol. The number of esters is 1. The van der Waals surface area contributed by atoms with Crippen LogP contribution >= 0.6 is 34.8 Å². The Morgan fingerprint density at radius 1 is 0.711 bits per heavy atom. The Labute approximate surface area is 232 Å². The van der Waals surface area contributed by atoms with Crippen molar-refractivity contribution in [3.05, 3.63) is 134 Å². The number of carbonyl (C=O) groups is 4. The molecule has 0 saturated heterocycles. The molecule has 1 aliphatic rings. The Balaban J connectivity index is 1.52. The van der Waals surface area contributed by atoms with Crippen molar-refractivity contribution in [3.63, 3.8) is 0 Å². The van der Waals surface area contributed by atoms with Gasteiger partial charge in [-0.05, 0) is 36.4 Å². The molecule has 5 rings (SSSR count). The standard InChI is InChI=1S/C29H16Cl3NO5/c30-18-12-10-17(11-13-18)26(25(34)16-6-2-1-3-7-16)38-29(37)19-8-4-5-9-24(19)33-27(35)20-14-22(31)23(32)15-21(20)28(33)36/h1-15,26H/t26-/m1/s1. The van der Waals surface area contributed by atoms with Crippen LogP contribution in [0.4, 0.5) is 5.69 Å². The molecule has 2 amide bonds. The molecule has 0 radical (unpaired) electrons. The predicted octanol–water partition coefficient (Wildman–Crippen LogP) is 7.23. The number of hydrogen-bond donors (Lipinski definition) is 0. The van der Waals surface area contributed by atoms with Gasteiger partial charge in [0.1, 0.15) is 0 Å². The molecule has 0 aromatic heterocycles. The average Bonchev–Trinajstić information content (AvgIpc) is 3.16. The van der Waals surface area contributed by atoms with Crippen molar-refractivity contribution >= 4 is 64.1 Å². The Hall–Kier alpha value is -3.97. The van der Waals surface area contributed by atoms with Crippen LogP contribution < -0.4 is 4.90 Å². The number of benzene rings is 4. The van der Waals surface area contributed by atoms with Gasteiger partial charge in [-0.1, -0.05) is 89.4 Å². The molecule has 0 bridgehead atoms. The van der Waals surface area contributed by atoms with Gasteiger partial charge in [-0.25, -0.2) is 9.69 Å². The van der Waals surface area contributed by atoms with Crippen molar-refractivity contribution in [3.8, 4) is 0 Å². The number of para-hydroxylation sites is 1. The molecule has 6 nitrogen and oxygen atoms in total. The zero-order valence-corrected chi connectivity index (χ0v) is 21.6. The first kappa shape index (κ1) is 25.7. The van der Waals surface area contributed by atoms with Crippen LogP contribution in [-0.4, -0.2) is 23.6 Å². The van der Waals surface area contributed by atoms with E-state index in [1.54, 1.807) is 66.7 Å². The number of ketones is 1. The summed E-state index contributed by atoms with van der Waals surface area (Å²) in [5, 5.41) is 0.680. The minimum absolute atomic E-state index is 0.00189. The van der Waals surface area contributed by atoms with Crippen LogP contribution in [-0.2, 0) is 4.74 Å². The molecule has 1 atom stereocenters. The van der Waals surface area contributed by atoms with Crippen LogP contribution in [0.2, 0.25) is 15.1 Å². The van der Waals surface area contributed by atoms with Gasteiger partial charge in [-0.15, -0.1) is 0 Å². The molecule has 1 aliphatic heterocycles. The number of carbonyl (C=O) groups excluding carboxylic acids is 4. The largest absolute Gasteiger partial charge is 0.445 e. The molecule has 38 heavy (non-hydrogen) atoms. The Kier molecular flexibility index (Phi) is 7.04. The van der Waals surface area contributed by atoms with E-state index in [4.69, 9.17) is 39.5 Å². The van der Waals surface area contributed by atoms with Crippen molar-refractivity contribution in [1.29, 1.82) is 0 Å². The monoisotopic (exact) mass is 563 g/mol. The molecule has 4 aromatic carbocycles. The summed E-state index contributed by atoms with van der Waals surface area (Å²) in [5.41, 5.74) is 0.774. The second-order valence-corrected chi connectivity index (χ2v) is 9.59. The predicted molar refractivity (Wildman–Crippen MR) is 144 cm³/mol. The Morgan fingerprint density at radius 2 is 1.26 bits per heavy atom. The highest BCUT2D eigenvalue weighted by Gasteiger charge is 2.39. The maximum absolute atomic E-state index is 13.5. The average molecular weight is 565 g/mol. The number of fused-ring (bicyclic) bond motifs is 1. The third-order valence-electron chi connectivity index (χ3n) is 5.99. The van der Waals surface area contributed by atoms with E-state index < -0.39 is 29.7 Å². The normalized spacial score (nSPS) is 13.3. The number of anilines is 1. The topological polar surface area (TPSA) is 80.8 Å². The summed E-state index contributed by atoms with van der Waals surface area (Å²) in [6.07, 6.45) is -1.31. The first-order valence-corrected chi connectivity index (χ1v) is 12.4. The van der Waals surface area contributed by atoms with E-state index in [2.05, 4.69) is 0 Å². The second kappa shape index (κ2) is 10.4. The van der Waals surface area contributed by atoms with Crippen LogP contribution in [0.1, 0.15) is 53.1 Å². The lowest BCUT2D eigenvalue weighted by Gasteiger charge is -2.21. The lowest BCUT2D eigenvalue weighted by Crippen LogP contribution is -2.31. The summed E-state index contributed by atoms with van der Waals surface area (Å²) in [6, 6.07) is 23.3. The third-order valence-corrected chi connectivity index (χ3v) is 6.96. The van der Waals surface area contributed by atoms with Gasteiger partial charge in [0.05, 0.1) is 32.4 Å². The lowest BCUT2D eigenvalue weighted by atomic mass is 9.99. The van der Waals surface area contributed by atoms with Crippen molar-refractivity contribution in [2.24, 2.45) is 0 Å². The van der Waals surface area contributed by atoms with Crippen LogP contribution in [0.5, 0.6) is 0 Å². The van der Waals surface area contributed by atoms with E-state index in [1.807, 2.05) is 0 Å². The van der Waals surface area contributed by atoms with Gasteiger partial charge in [0.25, 0.3) is 11.8 Å². The highest BCUT2D eigenvalue weighted by Crippen LogP contribution is 2.36. The maximum Gasteiger partial charge on any atom is 0.341 e. The summed E-state index contributed by atoms with van der Waals surface area (Å²) in [6.45, 7) is 0. The molecule has 188 valence electrons. The molecular formula is C29H16Cl3NO5. The summed E-state index contributed by atoms with van der Waals surface area (Å²) < 4.78 is 5.74. The van der Waals surface area contributed by atoms with E-state index in [9.17, 15) is 19.2 Å². The lowest BCUT2D eigenvalue weighted by molar-refractivity contribution is 0.0281. The van der Waals surface area contributed by atoms with Gasteiger partial charge < -0.3 is 4.74 Å². The fraction of sp³-hybridized carbons (Fsp3) is 0.0345. The van der Waals surface area contributed by atoms with E-state index in [0.29, 0.717) is 16.1 Å². The second-order valence-electron chi connectivity index (χ2n) is 8.34. The minimum Gasteiger partial charge on any atom is -0.445 e. The molecule has 0 spiro atoms. The number of rotatable bonds is 6. The number of Topliss-reactive ketones (excluding diaryl/α,β-unsaturated/α-hetero) is 1. The molecule has 0 saturated carbocycles. The summed E-state index contributed by atoms with van der Waals surface area (Å²) in [7, 11) is 0. The van der Waals surface area contributed by atoms with Crippen molar-refractivity contribution in [1.82, 2.24) is 0 Å². The van der Waals surface area contributed by atoms with Gasteiger partial charge in [-0.2, -0.15) is 0 Å². The molecule has 0 fully saturated rings. The Morgan fingerprint density at radius 3 is 1.87 bits per heavy atom. The summed E-state index contributed by atoms with van der Waals surface area (Å²) >= 11 is 18.1. The van der Waals surface area contributed by atoms with Crippen LogP contribution in [0.15, 0.2) is 91.0 Å².